The Morgan fingerprint density at radius 3 is 2.50 bits per heavy atom. The van der Waals surface area contributed by atoms with E-state index in [0.29, 0.717) is 22.2 Å². The van der Waals surface area contributed by atoms with Crippen LogP contribution in [0.4, 0.5) is 0 Å². The molecule has 2 aromatic carbocycles. The molecule has 116 valence electrons. The van der Waals surface area contributed by atoms with E-state index in [-0.39, 0.29) is 5.91 Å². The van der Waals surface area contributed by atoms with Gasteiger partial charge >= 0.3 is 0 Å². The lowest BCUT2D eigenvalue weighted by Gasteiger charge is -2.08. The molecule has 0 aliphatic rings. The van der Waals surface area contributed by atoms with Crippen molar-refractivity contribution in [2.45, 2.75) is 12.7 Å². The van der Waals surface area contributed by atoms with Gasteiger partial charge in [-0.05, 0) is 36.8 Å². The van der Waals surface area contributed by atoms with Crippen molar-refractivity contribution in [3.05, 3.63) is 69.2 Å². The Morgan fingerprint density at radius 2 is 1.82 bits per heavy atom. The number of nitrogens with one attached hydrogen (secondary N) is 1. The van der Waals surface area contributed by atoms with E-state index < -0.39 is 0 Å². The van der Waals surface area contributed by atoms with Gasteiger partial charge in [0.25, 0.3) is 5.91 Å². The number of carbonyl (C=O) groups is 1. The van der Waals surface area contributed by atoms with E-state index in [4.69, 9.17) is 23.2 Å². The molecule has 2 aromatic rings. The van der Waals surface area contributed by atoms with Crippen LogP contribution >= 0.6 is 35.0 Å². The molecule has 0 saturated carbocycles. The molecule has 0 heterocycles. The predicted octanol–water partition coefficient (Wildman–Crippen LogP) is 4.97. The first kappa shape index (κ1) is 17.2. The molecule has 0 aliphatic carbocycles. The van der Waals surface area contributed by atoms with E-state index >= 15 is 0 Å². The van der Waals surface area contributed by atoms with E-state index in [0.717, 1.165) is 22.6 Å². The summed E-state index contributed by atoms with van der Waals surface area (Å²) in [6, 6.07) is 13.1. The number of aryl methyl sites for hydroxylation is 1. The molecule has 1 amide bonds. The third-order valence-electron chi connectivity index (χ3n) is 3.12. The number of amides is 1. The molecule has 22 heavy (non-hydrogen) atoms. The average molecular weight is 354 g/mol. The highest BCUT2D eigenvalue weighted by atomic mass is 35.5. The van der Waals surface area contributed by atoms with Gasteiger partial charge in [0, 0.05) is 33.7 Å². The summed E-state index contributed by atoms with van der Waals surface area (Å²) in [5.74, 6) is 1.50. The van der Waals surface area contributed by atoms with Gasteiger partial charge in [-0.1, -0.05) is 47.0 Å². The summed E-state index contributed by atoms with van der Waals surface area (Å²) in [6.45, 7) is 2.58. The molecular weight excluding hydrogens is 337 g/mol. The fourth-order valence-electron chi connectivity index (χ4n) is 1.97. The molecule has 0 fully saturated rings. The summed E-state index contributed by atoms with van der Waals surface area (Å²) >= 11 is 13.9. The maximum Gasteiger partial charge on any atom is 0.251 e. The van der Waals surface area contributed by atoms with Crippen molar-refractivity contribution in [3.63, 3.8) is 0 Å². The number of halogens is 2. The third kappa shape index (κ3) is 4.94. The summed E-state index contributed by atoms with van der Waals surface area (Å²) in [7, 11) is 0. The quantitative estimate of drug-likeness (QED) is 0.743. The molecule has 2 rings (SSSR count). The first-order chi connectivity index (χ1) is 10.6. The molecule has 0 bridgehead atoms. The average Bonchev–Trinajstić information content (AvgIpc) is 2.49. The van der Waals surface area contributed by atoms with Crippen LogP contribution in [0.5, 0.6) is 0 Å². The first-order valence-electron chi connectivity index (χ1n) is 6.93. The van der Waals surface area contributed by atoms with Gasteiger partial charge in [-0.3, -0.25) is 4.79 Å². The van der Waals surface area contributed by atoms with Gasteiger partial charge in [0.2, 0.25) is 0 Å². The predicted molar refractivity (Wildman–Crippen MR) is 96.1 cm³/mol. The molecule has 2 nitrogen and oxygen atoms in total. The number of carbonyl (C=O) groups excluding carboxylic acids is 1. The van der Waals surface area contributed by atoms with Gasteiger partial charge < -0.3 is 5.32 Å². The van der Waals surface area contributed by atoms with Crippen molar-refractivity contribution in [1.82, 2.24) is 5.32 Å². The van der Waals surface area contributed by atoms with Crippen molar-refractivity contribution in [2.24, 2.45) is 0 Å². The number of hydrogen-bond donors (Lipinski definition) is 1. The second-order valence-electron chi connectivity index (χ2n) is 4.88. The monoisotopic (exact) mass is 353 g/mol. The Bertz CT molecular complexity index is 641. The van der Waals surface area contributed by atoms with E-state index in [1.165, 1.54) is 0 Å². The van der Waals surface area contributed by atoms with Crippen LogP contribution in [0.1, 0.15) is 21.5 Å². The maximum atomic E-state index is 12.0. The highest BCUT2D eigenvalue weighted by molar-refractivity contribution is 7.98. The van der Waals surface area contributed by atoms with Crippen molar-refractivity contribution in [3.8, 4) is 0 Å². The zero-order chi connectivity index (χ0) is 15.9. The minimum atomic E-state index is -0.0416. The van der Waals surface area contributed by atoms with Gasteiger partial charge in [-0.15, -0.1) is 0 Å². The van der Waals surface area contributed by atoms with Crippen LogP contribution in [-0.2, 0) is 5.75 Å². The molecular formula is C17H17Cl2NOS. The molecule has 0 saturated heterocycles. The number of thioether (sulfide) groups is 1. The smallest absolute Gasteiger partial charge is 0.251 e. The third-order valence-corrected chi connectivity index (χ3v) is 4.81. The van der Waals surface area contributed by atoms with Crippen molar-refractivity contribution in [2.75, 3.05) is 12.3 Å². The van der Waals surface area contributed by atoms with Crippen LogP contribution in [0.2, 0.25) is 10.0 Å². The van der Waals surface area contributed by atoms with Gasteiger partial charge in [-0.2, -0.15) is 11.8 Å². The molecule has 0 aliphatic heterocycles. The van der Waals surface area contributed by atoms with E-state index in [1.54, 1.807) is 11.8 Å². The second kappa shape index (κ2) is 8.47. The van der Waals surface area contributed by atoms with Crippen LogP contribution in [0, 0.1) is 6.92 Å². The van der Waals surface area contributed by atoms with Gasteiger partial charge in [0.1, 0.15) is 0 Å². The first-order valence-corrected chi connectivity index (χ1v) is 8.84. The largest absolute Gasteiger partial charge is 0.351 e. The minimum Gasteiger partial charge on any atom is -0.351 e. The fourth-order valence-corrected chi connectivity index (χ4v) is 3.56. The summed E-state index contributed by atoms with van der Waals surface area (Å²) in [5, 5.41) is 4.28. The zero-order valence-electron chi connectivity index (χ0n) is 12.2. The zero-order valence-corrected chi connectivity index (χ0v) is 14.6. The van der Waals surface area contributed by atoms with Crippen LogP contribution < -0.4 is 5.32 Å². The highest BCUT2D eigenvalue weighted by Crippen LogP contribution is 2.27. The Kier molecular flexibility index (Phi) is 6.62. The number of benzene rings is 2. The van der Waals surface area contributed by atoms with Crippen molar-refractivity contribution < 1.29 is 4.79 Å². The van der Waals surface area contributed by atoms with E-state index in [9.17, 15) is 4.79 Å². The molecule has 0 unspecified atom stereocenters. The molecule has 0 aromatic heterocycles. The molecule has 0 atom stereocenters. The fraction of sp³-hybridized carbons (Fsp3) is 0.235. The SMILES string of the molecule is Cc1cccc(C(=O)NCCSCc2c(Cl)cccc2Cl)c1. The van der Waals surface area contributed by atoms with Gasteiger partial charge in [0.15, 0.2) is 0 Å². The van der Waals surface area contributed by atoms with E-state index in [1.807, 2.05) is 49.4 Å². The number of hydrogen-bond acceptors (Lipinski definition) is 2. The second-order valence-corrected chi connectivity index (χ2v) is 6.80. The molecule has 5 heteroatoms. The maximum absolute atomic E-state index is 12.0. The molecule has 0 radical (unpaired) electrons. The lowest BCUT2D eigenvalue weighted by Crippen LogP contribution is -2.25. The standard InChI is InChI=1S/C17H17Cl2NOS/c1-12-4-2-5-13(10-12)17(21)20-8-9-22-11-14-15(18)6-3-7-16(14)19/h2-7,10H,8-9,11H2,1H3,(H,20,21). The summed E-state index contributed by atoms with van der Waals surface area (Å²) < 4.78 is 0. The van der Waals surface area contributed by atoms with Crippen LogP contribution in [0.25, 0.3) is 0 Å². The molecule has 0 spiro atoms. The van der Waals surface area contributed by atoms with E-state index in [2.05, 4.69) is 5.32 Å². The van der Waals surface area contributed by atoms with Crippen molar-refractivity contribution in [1.29, 1.82) is 0 Å². The van der Waals surface area contributed by atoms with Crippen molar-refractivity contribution >= 4 is 40.9 Å². The van der Waals surface area contributed by atoms with Crippen LogP contribution in [0.3, 0.4) is 0 Å². The Balaban J connectivity index is 1.75. The molecule has 1 N–H and O–H groups in total. The summed E-state index contributed by atoms with van der Waals surface area (Å²) in [5.41, 5.74) is 2.72. The summed E-state index contributed by atoms with van der Waals surface area (Å²) in [4.78, 5) is 12.0. The highest BCUT2D eigenvalue weighted by Gasteiger charge is 2.06. The topological polar surface area (TPSA) is 29.1 Å². The minimum absolute atomic E-state index is 0.0416. The van der Waals surface area contributed by atoms with Gasteiger partial charge in [0.05, 0.1) is 0 Å². The van der Waals surface area contributed by atoms with Gasteiger partial charge in [-0.25, -0.2) is 0 Å². The Hall–Kier alpha value is -1.16. The Morgan fingerprint density at radius 1 is 1.14 bits per heavy atom. The normalized spacial score (nSPS) is 10.5. The lowest BCUT2D eigenvalue weighted by molar-refractivity contribution is 0.0956. The Labute approximate surface area is 145 Å². The van der Waals surface area contributed by atoms with Crippen LogP contribution in [0.15, 0.2) is 42.5 Å². The number of rotatable bonds is 6. The summed E-state index contributed by atoms with van der Waals surface area (Å²) in [6.07, 6.45) is 0. The lowest BCUT2D eigenvalue weighted by atomic mass is 10.1. The van der Waals surface area contributed by atoms with Crippen LogP contribution in [-0.4, -0.2) is 18.2 Å².